The topological polar surface area (TPSA) is 100 Å². The van der Waals surface area contributed by atoms with Crippen LogP contribution in [0, 0.1) is 11.3 Å². The van der Waals surface area contributed by atoms with E-state index in [9.17, 15) is 4.79 Å². The highest BCUT2D eigenvalue weighted by Crippen LogP contribution is 2.22. The number of primary amides is 1. The molecule has 0 radical (unpaired) electrons. The van der Waals surface area contributed by atoms with E-state index in [-0.39, 0.29) is 0 Å². The number of nitriles is 1. The summed E-state index contributed by atoms with van der Waals surface area (Å²) in [6.45, 7) is 0. The molecule has 3 N–H and O–H groups in total. The first-order valence-corrected chi connectivity index (χ1v) is 4.35. The molecule has 1 rings (SSSR count). The van der Waals surface area contributed by atoms with E-state index in [0.29, 0.717) is 11.4 Å². The minimum atomic E-state index is -0.884. The number of carbonyl (C=O) groups is 1. The third-order valence-electron chi connectivity index (χ3n) is 1.73. The molecule has 6 nitrogen and oxygen atoms in total. The lowest BCUT2D eigenvalue weighted by Gasteiger charge is -2.06. The van der Waals surface area contributed by atoms with Gasteiger partial charge in [0.25, 0.3) is 5.91 Å². The standard InChI is InChI=1S/C10H10N4O2/c1-16-9-5-3-2-4-7(9)13-14-8(6-11)10(12)15/h2-5,13H,1H3,(H2,12,15)/b14-8+. The number of para-hydroxylation sites is 2. The SMILES string of the molecule is COc1ccccc1N/N=C(\C#N)C(N)=O. The van der Waals surface area contributed by atoms with Gasteiger partial charge in [-0.05, 0) is 12.1 Å². The van der Waals surface area contributed by atoms with Crippen molar-refractivity contribution in [3.05, 3.63) is 24.3 Å². The Morgan fingerprint density at radius 1 is 1.56 bits per heavy atom. The van der Waals surface area contributed by atoms with Gasteiger partial charge in [0, 0.05) is 0 Å². The van der Waals surface area contributed by atoms with E-state index in [1.54, 1.807) is 30.3 Å². The average molecular weight is 218 g/mol. The summed E-state index contributed by atoms with van der Waals surface area (Å²) in [4.78, 5) is 10.7. The molecule has 6 heteroatoms. The van der Waals surface area contributed by atoms with Gasteiger partial charge in [-0.1, -0.05) is 12.1 Å². The Morgan fingerprint density at radius 2 is 2.25 bits per heavy atom. The van der Waals surface area contributed by atoms with Crippen LogP contribution in [-0.4, -0.2) is 18.7 Å². The van der Waals surface area contributed by atoms with Gasteiger partial charge in [0.15, 0.2) is 0 Å². The lowest BCUT2D eigenvalue weighted by atomic mass is 10.3. The van der Waals surface area contributed by atoms with Crippen molar-refractivity contribution >= 4 is 17.3 Å². The van der Waals surface area contributed by atoms with E-state index >= 15 is 0 Å². The van der Waals surface area contributed by atoms with Crippen LogP contribution in [0.15, 0.2) is 29.4 Å². The lowest BCUT2D eigenvalue weighted by molar-refractivity contribution is -0.111. The Labute approximate surface area is 92.3 Å². The number of benzene rings is 1. The zero-order chi connectivity index (χ0) is 12.0. The van der Waals surface area contributed by atoms with Gasteiger partial charge in [0.2, 0.25) is 5.71 Å². The zero-order valence-corrected chi connectivity index (χ0v) is 8.60. The number of nitrogens with zero attached hydrogens (tertiary/aromatic N) is 2. The summed E-state index contributed by atoms with van der Waals surface area (Å²) in [5, 5.41) is 12.1. The second-order valence-corrected chi connectivity index (χ2v) is 2.75. The third-order valence-corrected chi connectivity index (χ3v) is 1.73. The summed E-state index contributed by atoms with van der Waals surface area (Å²) in [6.07, 6.45) is 0. The van der Waals surface area contributed by atoms with E-state index in [0.717, 1.165) is 0 Å². The van der Waals surface area contributed by atoms with Gasteiger partial charge in [-0.3, -0.25) is 10.2 Å². The smallest absolute Gasteiger partial charge is 0.280 e. The molecule has 0 spiro atoms. The zero-order valence-electron chi connectivity index (χ0n) is 8.60. The fourth-order valence-electron chi connectivity index (χ4n) is 0.988. The Bertz CT molecular complexity index is 462. The van der Waals surface area contributed by atoms with Gasteiger partial charge in [-0.25, -0.2) is 0 Å². The summed E-state index contributed by atoms with van der Waals surface area (Å²) in [5.74, 6) is -0.335. The number of amides is 1. The molecule has 0 aliphatic carbocycles. The highest BCUT2D eigenvalue weighted by atomic mass is 16.5. The monoisotopic (exact) mass is 218 g/mol. The number of anilines is 1. The van der Waals surface area contributed by atoms with Crippen molar-refractivity contribution in [1.82, 2.24) is 0 Å². The average Bonchev–Trinajstić information content (AvgIpc) is 2.30. The summed E-state index contributed by atoms with van der Waals surface area (Å²) >= 11 is 0. The van der Waals surface area contributed by atoms with Crippen molar-refractivity contribution in [2.45, 2.75) is 0 Å². The molecule has 0 bridgehead atoms. The van der Waals surface area contributed by atoms with E-state index in [1.165, 1.54) is 7.11 Å². The maximum absolute atomic E-state index is 10.7. The third kappa shape index (κ3) is 2.72. The Morgan fingerprint density at radius 3 is 2.81 bits per heavy atom. The molecule has 0 saturated heterocycles. The number of methoxy groups -OCH3 is 1. The van der Waals surface area contributed by atoms with Crippen LogP contribution in [0.25, 0.3) is 0 Å². The molecule has 16 heavy (non-hydrogen) atoms. The minimum absolute atomic E-state index is 0.397. The van der Waals surface area contributed by atoms with Crippen LogP contribution in [0.1, 0.15) is 0 Å². The van der Waals surface area contributed by atoms with Crippen LogP contribution in [-0.2, 0) is 4.79 Å². The molecule has 0 heterocycles. The fraction of sp³-hybridized carbons (Fsp3) is 0.100. The molecule has 0 fully saturated rings. The van der Waals surface area contributed by atoms with Crippen LogP contribution in [0.4, 0.5) is 5.69 Å². The van der Waals surface area contributed by atoms with Crippen LogP contribution >= 0.6 is 0 Å². The Hall–Kier alpha value is -2.55. The predicted octanol–water partition coefficient (Wildman–Crippen LogP) is 0.472. The summed E-state index contributed by atoms with van der Waals surface area (Å²) in [7, 11) is 1.50. The molecule has 0 aromatic heterocycles. The summed E-state index contributed by atoms with van der Waals surface area (Å²) < 4.78 is 5.04. The molecule has 0 aliphatic rings. The summed E-state index contributed by atoms with van der Waals surface area (Å²) in [6, 6.07) is 8.54. The molecular weight excluding hydrogens is 208 g/mol. The maximum Gasteiger partial charge on any atom is 0.280 e. The normalized spacial score (nSPS) is 10.4. The van der Waals surface area contributed by atoms with Crippen molar-refractivity contribution in [2.24, 2.45) is 10.8 Å². The number of hydrogen-bond donors (Lipinski definition) is 2. The molecule has 1 aromatic carbocycles. The highest BCUT2D eigenvalue weighted by molar-refractivity contribution is 6.44. The summed E-state index contributed by atoms with van der Waals surface area (Å²) in [5.41, 5.74) is 7.60. The van der Waals surface area contributed by atoms with Gasteiger partial charge in [-0.15, -0.1) is 0 Å². The predicted molar refractivity (Wildman–Crippen MR) is 58.9 cm³/mol. The number of carbonyl (C=O) groups excluding carboxylic acids is 1. The lowest BCUT2D eigenvalue weighted by Crippen LogP contribution is -2.22. The van der Waals surface area contributed by atoms with Gasteiger partial charge < -0.3 is 10.5 Å². The Kier molecular flexibility index (Phi) is 3.86. The maximum atomic E-state index is 10.7. The van der Waals surface area contributed by atoms with Gasteiger partial charge >= 0.3 is 0 Å². The number of nitrogens with one attached hydrogen (secondary N) is 1. The number of hydrazone groups is 1. The molecular formula is C10H10N4O2. The molecule has 1 aromatic rings. The second-order valence-electron chi connectivity index (χ2n) is 2.75. The first-order chi connectivity index (χ1) is 7.69. The van der Waals surface area contributed by atoms with Gasteiger partial charge in [0.1, 0.15) is 11.8 Å². The molecule has 82 valence electrons. The molecule has 0 atom stereocenters. The van der Waals surface area contributed by atoms with Gasteiger partial charge in [-0.2, -0.15) is 10.4 Å². The highest BCUT2D eigenvalue weighted by Gasteiger charge is 2.06. The van der Waals surface area contributed by atoms with Crippen molar-refractivity contribution < 1.29 is 9.53 Å². The van der Waals surface area contributed by atoms with Crippen LogP contribution in [0.2, 0.25) is 0 Å². The molecule has 0 aliphatic heterocycles. The number of hydrogen-bond acceptors (Lipinski definition) is 5. The number of rotatable bonds is 4. The molecule has 1 amide bonds. The van der Waals surface area contributed by atoms with Crippen LogP contribution in [0.3, 0.4) is 0 Å². The van der Waals surface area contributed by atoms with E-state index in [4.69, 9.17) is 15.7 Å². The Balaban J connectivity index is 2.89. The largest absolute Gasteiger partial charge is 0.495 e. The first kappa shape index (κ1) is 11.5. The van der Waals surface area contributed by atoms with Crippen LogP contribution in [0.5, 0.6) is 5.75 Å². The molecule has 0 unspecified atom stereocenters. The quantitative estimate of drug-likeness (QED) is 0.566. The minimum Gasteiger partial charge on any atom is -0.495 e. The van der Waals surface area contributed by atoms with Crippen molar-refractivity contribution in [2.75, 3.05) is 12.5 Å². The van der Waals surface area contributed by atoms with E-state index in [1.807, 2.05) is 0 Å². The number of nitrogens with two attached hydrogens (primary N) is 1. The molecule has 0 saturated carbocycles. The van der Waals surface area contributed by atoms with Crippen LogP contribution < -0.4 is 15.9 Å². The van der Waals surface area contributed by atoms with Crippen molar-refractivity contribution in [3.63, 3.8) is 0 Å². The van der Waals surface area contributed by atoms with Crippen molar-refractivity contribution in [3.8, 4) is 11.8 Å². The number of ether oxygens (including phenoxy) is 1. The van der Waals surface area contributed by atoms with E-state index < -0.39 is 11.6 Å². The van der Waals surface area contributed by atoms with Crippen molar-refractivity contribution in [1.29, 1.82) is 5.26 Å². The first-order valence-electron chi connectivity index (χ1n) is 4.35. The second kappa shape index (κ2) is 5.36. The van der Waals surface area contributed by atoms with Gasteiger partial charge in [0.05, 0.1) is 12.8 Å². The van der Waals surface area contributed by atoms with E-state index in [2.05, 4.69) is 10.5 Å². The fourth-order valence-corrected chi connectivity index (χ4v) is 0.988.